The Morgan fingerprint density at radius 2 is 2.57 bits per heavy atom. The van der Waals surface area contributed by atoms with Gasteiger partial charge in [-0.15, -0.1) is 11.3 Å². The zero-order valence-electron chi connectivity index (χ0n) is 7.78. The van der Waals surface area contributed by atoms with Gasteiger partial charge in [0.1, 0.15) is 0 Å². The van der Waals surface area contributed by atoms with Gasteiger partial charge in [0.2, 0.25) is 0 Å². The molecule has 1 N–H and O–H groups in total. The smallest absolute Gasteiger partial charge is 0.187 e. The molecule has 7 heteroatoms. The molecule has 1 heterocycles. The van der Waals surface area contributed by atoms with Crippen molar-refractivity contribution in [3.63, 3.8) is 0 Å². The summed E-state index contributed by atoms with van der Waals surface area (Å²) in [6, 6.07) is 0. The fourth-order valence-electron chi connectivity index (χ4n) is 0.855. The molecular weight excluding hydrogens is 242 g/mol. The second kappa shape index (κ2) is 4.84. The van der Waals surface area contributed by atoms with Crippen LogP contribution in [0.15, 0.2) is 6.20 Å². The first-order valence-electron chi connectivity index (χ1n) is 3.67. The molecule has 1 aromatic heterocycles. The molecule has 0 aliphatic rings. The maximum atomic E-state index is 8.56. The number of halogens is 1. The van der Waals surface area contributed by atoms with Crippen molar-refractivity contribution in [3.05, 3.63) is 15.5 Å². The van der Waals surface area contributed by atoms with Crippen molar-refractivity contribution < 1.29 is 4.18 Å². The average Bonchev–Trinajstić information content (AvgIpc) is 2.51. The second-order valence-corrected chi connectivity index (χ2v) is 7.14. The number of nitriles is 1. The minimum absolute atomic E-state index is 0.509. The van der Waals surface area contributed by atoms with Gasteiger partial charge in [0, 0.05) is 17.3 Å². The maximum Gasteiger partial charge on any atom is 0.187 e. The first kappa shape index (κ1) is 11.6. The van der Waals surface area contributed by atoms with Gasteiger partial charge >= 0.3 is 0 Å². The second-order valence-electron chi connectivity index (χ2n) is 2.61. The SMILES string of the molecule is COS(C)(Cc1cnc(Cl)s1)NC#N. The summed E-state index contributed by atoms with van der Waals surface area (Å²) in [4.78, 5) is 4.94. The van der Waals surface area contributed by atoms with Crippen LogP contribution in [0.2, 0.25) is 4.47 Å². The van der Waals surface area contributed by atoms with Crippen LogP contribution in [0.3, 0.4) is 0 Å². The highest BCUT2D eigenvalue weighted by molar-refractivity contribution is 8.27. The molecule has 4 nitrogen and oxygen atoms in total. The van der Waals surface area contributed by atoms with E-state index in [9.17, 15) is 0 Å². The topological polar surface area (TPSA) is 57.9 Å². The molecule has 14 heavy (non-hydrogen) atoms. The summed E-state index contributed by atoms with van der Waals surface area (Å²) in [5, 5.41) is 8.56. The lowest BCUT2D eigenvalue weighted by Crippen LogP contribution is -2.17. The predicted octanol–water partition coefficient (Wildman–Crippen LogP) is 2.28. The number of nitrogens with one attached hydrogen (secondary N) is 1. The number of hydrogen-bond donors (Lipinski definition) is 1. The highest BCUT2D eigenvalue weighted by Crippen LogP contribution is 2.44. The highest BCUT2D eigenvalue weighted by atomic mass is 35.5. The lowest BCUT2D eigenvalue weighted by molar-refractivity contribution is 0.463. The molecule has 0 aromatic carbocycles. The van der Waals surface area contributed by atoms with E-state index in [2.05, 4.69) is 9.71 Å². The molecular formula is C7H10ClN3OS2. The molecule has 1 unspecified atom stereocenters. The van der Waals surface area contributed by atoms with Crippen LogP contribution in [0.4, 0.5) is 0 Å². The minimum atomic E-state index is -1.57. The Kier molecular flexibility index (Phi) is 4.01. The molecule has 0 spiro atoms. The van der Waals surface area contributed by atoms with Crippen LogP contribution in [-0.2, 0) is 9.94 Å². The van der Waals surface area contributed by atoms with E-state index in [0.29, 0.717) is 10.2 Å². The summed E-state index contributed by atoms with van der Waals surface area (Å²) in [5.74, 6) is 0.640. The number of thiazole rings is 1. The molecule has 78 valence electrons. The molecule has 0 bridgehead atoms. The third kappa shape index (κ3) is 3.03. The molecule has 0 aliphatic carbocycles. The van der Waals surface area contributed by atoms with Crippen LogP contribution in [0.5, 0.6) is 0 Å². The zero-order valence-corrected chi connectivity index (χ0v) is 10.2. The van der Waals surface area contributed by atoms with E-state index in [1.807, 2.05) is 12.4 Å². The quantitative estimate of drug-likeness (QED) is 0.659. The molecule has 0 radical (unpaired) electrons. The molecule has 0 saturated heterocycles. The minimum Gasteiger partial charge on any atom is -0.321 e. The Morgan fingerprint density at radius 1 is 1.86 bits per heavy atom. The highest BCUT2D eigenvalue weighted by Gasteiger charge is 2.18. The van der Waals surface area contributed by atoms with E-state index < -0.39 is 10.5 Å². The van der Waals surface area contributed by atoms with Gasteiger partial charge < -0.3 is 4.18 Å². The summed E-state index contributed by atoms with van der Waals surface area (Å²) < 4.78 is 8.45. The van der Waals surface area contributed by atoms with E-state index in [1.54, 1.807) is 13.3 Å². The molecule has 1 atom stereocenters. The van der Waals surface area contributed by atoms with Gasteiger partial charge in [-0.2, -0.15) is 5.26 Å². The number of rotatable bonds is 4. The largest absolute Gasteiger partial charge is 0.321 e. The van der Waals surface area contributed by atoms with E-state index in [4.69, 9.17) is 21.0 Å². The zero-order chi connectivity index (χ0) is 10.6. The Bertz CT molecular complexity index is 351. The molecule has 0 fully saturated rings. The number of nitrogens with zero attached hydrogens (tertiary/aromatic N) is 2. The van der Waals surface area contributed by atoms with Crippen LogP contribution >= 0.6 is 33.4 Å². The van der Waals surface area contributed by atoms with E-state index >= 15 is 0 Å². The van der Waals surface area contributed by atoms with E-state index in [-0.39, 0.29) is 0 Å². The van der Waals surface area contributed by atoms with Crippen molar-refractivity contribution in [3.8, 4) is 6.19 Å². The van der Waals surface area contributed by atoms with Crippen LogP contribution in [0.1, 0.15) is 4.88 Å². The summed E-state index contributed by atoms with van der Waals surface area (Å²) >= 11 is 7.10. The van der Waals surface area contributed by atoms with Crippen LogP contribution in [0, 0.1) is 11.5 Å². The Morgan fingerprint density at radius 3 is 3.00 bits per heavy atom. The third-order valence-electron chi connectivity index (χ3n) is 1.57. The van der Waals surface area contributed by atoms with Crippen molar-refractivity contribution in [2.45, 2.75) is 5.75 Å². The maximum absolute atomic E-state index is 8.56. The summed E-state index contributed by atoms with van der Waals surface area (Å²) in [5.41, 5.74) is 0. The lowest BCUT2D eigenvalue weighted by atomic mass is 10.6. The number of hydrogen-bond acceptors (Lipinski definition) is 5. The van der Waals surface area contributed by atoms with Crippen molar-refractivity contribution in [2.75, 3.05) is 13.4 Å². The van der Waals surface area contributed by atoms with Gasteiger partial charge in [-0.05, 0) is 0 Å². The van der Waals surface area contributed by atoms with E-state index in [1.165, 1.54) is 11.3 Å². The van der Waals surface area contributed by atoms with Gasteiger partial charge in [-0.3, -0.25) is 4.72 Å². The monoisotopic (exact) mass is 251 g/mol. The predicted molar refractivity (Wildman–Crippen MR) is 60.1 cm³/mol. The van der Waals surface area contributed by atoms with E-state index in [0.717, 1.165) is 4.88 Å². The first-order chi connectivity index (χ1) is 6.59. The van der Waals surface area contributed by atoms with Crippen LogP contribution in [0.25, 0.3) is 0 Å². The number of aromatic nitrogens is 1. The normalized spacial score (nSPS) is 16.7. The Hall–Kier alpha value is -0.480. The Balaban J connectivity index is 2.70. The summed E-state index contributed by atoms with van der Waals surface area (Å²) in [7, 11) is 0.0196. The van der Waals surface area contributed by atoms with Gasteiger partial charge in [0.25, 0.3) is 0 Å². The fourth-order valence-corrected chi connectivity index (χ4v) is 3.62. The van der Waals surface area contributed by atoms with Crippen molar-refractivity contribution in [1.29, 1.82) is 5.26 Å². The molecule has 0 aliphatic heterocycles. The van der Waals surface area contributed by atoms with Gasteiger partial charge in [-0.1, -0.05) is 22.1 Å². The van der Waals surface area contributed by atoms with Crippen molar-refractivity contribution >= 4 is 33.4 Å². The van der Waals surface area contributed by atoms with Gasteiger partial charge in [0.15, 0.2) is 10.7 Å². The van der Waals surface area contributed by atoms with Crippen LogP contribution in [-0.4, -0.2) is 18.3 Å². The lowest BCUT2D eigenvalue weighted by Gasteiger charge is -2.31. The molecule has 1 aromatic rings. The van der Waals surface area contributed by atoms with Gasteiger partial charge in [0.05, 0.1) is 12.9 Å². The third-order valence-corrected chi connectivity index (χ3v) is 4.99. The molecule has 0 saturated carbocycles. The first-order valence-corrected chi connectivity index (χ1v) is 7.00. The average molecular weight is 252 g/mol. The fraction of sp³-hybridized carbons (Fsp3) is 0.429. The van der Waals surface area contributed by atoms with Crippen LogP contribution < -0.4 is 4.72 Å². The van der Waals surface area contributed by atoms with Crippen molar-refractivity contribution in [2.24, 2.45) is 0 Å². The molecule has 1 rings (SSSR count). The summed E-state index contributed by atoms with van der Waals surface area (Å²) in [6.07, 6.45) is 5.48. The molecule has 0 amide bonds. The Labute approximate surface area is 93.5 Å². The van der Waals surface area contributed by atoms with Gasteiger partial charge in [-0.25, -0.2) is 4.98 Å². The standard InChI is InChI=1S/C7H10ClN3OS2/c1-12-14(2,11-5-9)4-6-3-10-7(8)13-6/h3,11H,4H2,1-2H3. The summed E-state index contributed by atoms with van der Waals surface area (Å²) in [6.45, 7) is 0. The van der Waals surface area contributed by atoms with Crippen molar-refractivity contribution in [1.82, 2.24) is 9.71 Å².